The molecule has 0 aliphatic rings. The number of benzene rings is 1. The summed E-state index contributed by atoms with van der Waals surface area (Å²) in [7, 11) is -4.35. The molecule has 0 amide bonds. The van der Waals surface area contributed by atoms with Gasteiger partial charge in [-0.2, -0.15) is 8.42 Å². The van der Waals surface area contributed by atoms with Crippen LogP contribution in [0.2, 0.25) is 0 Å². The molecule has 0 saturated carbocycles. The minimum Gasteiger partial charge on any atom is -0.506 e. The van der Waals surface area contributed by atoms with E-state index in [9.17, 15) is 13.5 Å². The summed E-state index contributed by atoms with van der Waals surface area (Å²) in [6, 6.07) is 4.35. The molecule has 0 aliphatic heterocycles. The second-order valence-electron chi connectivity index (χ2n) is 6.92. The molecule has 0 atom stereocenters. The van der Waals surface area contributed by atoms with Crippen LogP contribution in [0.15, 0.2) is 23.1 Å². The van der Waals surface area contributed by atoms with Gasteiger partial charge in [0.15, 0.2) is 0 Å². The second-order valence-corrected chi connectivity index (χ2v) is 8.31. The molecule has 2 N–H and O–H groups in total. The smallest absolute Gasteiger partial charge is 0.298 e. The fourth-order valence-electron chi connectivity index (χ4n) is 3.11. The summed E-state index contributed by atoms with van der Waals surface area (Å²) >= 11 is 0. The Morgan fingerprint density at radius 1 is 0.800 bits per heavy atom. The molecular weight excluding hydrogens is 336 g/mol. The van der Waals surface area contributed by atoms with Gasteiger partial charge in [-0.15, -0.1) is 0 Å². The first-order valence-electron chi connectivity index (χ1n) is 9.74. The van der Waals surface area contributed by atoms with E-state index in [1.165, 1.54) is 76.3 Å². The molecule has 0 aromatic heterocycles. The number of hydrogen-bond acceptors (Lipinski definition) is 3. The van der Waals surface area contributed by atoms with Gasteiger partial charge in [0.1, 0.15) is 10.6 Å². The van der Waals surface area contributed by atoms with Crippen LogP contribution >= 0.6 is 0 Å². The Kier molecular flexibility index (Phi) is 10.8. The van der Waals surface area contributed by atoms with Crippen molar-refractivity contribution in [3.05, 3.63) is 23.8 Å². The van der Waals surface area contributed by atoms with E-state index in [4.69, 9.17) is 4.55 Å². The number of phenols is 1. The van der Waals surface area contributed by atoms with E-state index in [1.807, 2.05) is 0 Å². The summed E-state index contributed by atoms with van der Waals surface area (Å²) in [5.41, 5.74) is 0.900. The highest BCUT2D eigenvalue weighted by atomic mass is 32.2. The van der Waals surface area contributed by atoms with Crippen LogP contribution in [0.25, 0.3) is 0 Å². The maximum Gasteiger partial charge on any atom is 0.298 e. The van der Waals surface area contributed by atoms with Crippen molar-refractivity contribution in [2.24, 2.45) is 0 Å². The Bertz CT molecular complexity index is 581. The molecule has 0 fully saturated rings. The van der Waals surface area contributed by atoms with E-state index in [-0.39, 0.29) is 5.75 Å². The van der Waals surface area contributed by atoms with E-state index in [2.05, 4.69) is 6.92 Å². The van der Waals surface area contributed by atoms with Crippen molar-refractivity contribution < 1.29 is 18.1 Å². The SMILES string of the molecule is CCCCCCCCCCCCCCc1ccc(S(=O)(=O)O)c(O)c1. The highest BCUT2D eigenvalue weighted by molar-refractivity contribution is 7.86. The average molecular weight is 371 g/mol. The summed E-state index contributed by atoms with van der Waals surface area (Å²) in [5, 5.41) is 9.68. The molecular formula is C20H34O4S. The lowest BCUT2D eigenvalue weighted by Gasteiger charge is -2.06. The Morgan fingerprint density at radius 3 is 1.72 bits per heavy atom. The van der Waals surface area contributed by atoms with E-state index in [1.54, 1.807) is 6.07 Å². The lowest BCUT2D eigenvalue weighted by molar-refractivity contribution is 0.442. The summed E-state index contributed by atoms with van der Waals surface area (Å²) in [4.78, 5) is -0.425. The number of unbranched alkanes of at least 4 members (excludes halogenated alkanes) is 11. The molecule has 5 heteroatoms. The molecule has 0 aliphatic carbocycles. The van der Waals surface area contributed by atoms with Crippen molar-refractivity contribution in [2.75, 3.05) is 0 Å². The Labute approximate surface area is 153 Å². The zero-order valence-electron chi connectivity index (χ0n) is 15.5. The predicted octanol–water partition coefficient (Wildman–Crippen LogP) is 5.88. The van der Waals surface area contributed by atoms with Crippen LogP contribution in [0.1, 0.15) is 89.5 Å². The molecule has 0 spiro atoms. The third-order valence-corrected chi connectivity index (χ3v) is 5.52. The summed E-state index contributed by atoms with van der Waals surface area (Å²) in [5.74, 6) is -0.376. The van der Waals surface area contributed by atoms with E-state index >= 15 is 0 Å². The maximum atomic E-state index is 11.0. The van der Waals surface area contributed by atoms with Gasteiger partial charge in [0.25, 0.3) is 10.1 Å². The van der Waals surface area contributed by atoms with Gasteiger partial charge in [-0.1, -0.05) is 83.6 Å². The van der Waals surface area contributed by atoms with Gasteiger partial charge in [-0.25, -0.2) is 0 Å². The topological polar surface area (TPSA) is 74.6 Å². The van der Waals surface area contributed by atoms with Crippen LogP contribution in [-0.4, -0.2) is 18.1 Å². The number of hydrogen-bond donors (Lipinski definition) is 2. The standard InChI is InChI=1S/C20H34O4S/c1-2-3-4-5-6-7-8-9-10-11-12-13-14-18-15-16-20(19(21)17-18)25(22,23)24/h15-17,21H,2-14H2,1H3,(H,22,23,24). The monoisotopic (exact) mass is 370 g/mol. The van der Waals surface area contributed by atoms with Crippen LogP contribution in [0.4, 0.5) is 0 Å². The minimum atomic E-state index is -4.35. The highest BCUT2D eigenvalue weighted by Gasteiger charge is 2.15. The quantitative estimate of drug-likeness (QED) is 0.317. The molecule has 0 unspecified atom stereocenters. The first-order valence-corrected chi connectivity index (χ1v) is 11.2. The van der Waals surface area contributed by atoms with Crippen LogP contribution < -0.4 is 0 Å². The summed E-state index contributed by atoms with van der Waals surface area (Å²) in [6.07, 6.45) is 16.4. The Hall–Kier alpha value is -1.07. The Balaban J connectivity index is 2.06. The molecule has 4 nitrogen and oxygen atoms in total. The van der Waals surface area contributed by atoms with Crippen molar-refractivity contribution in [1.82, 2.24) is 0 Å². The maximum absolute atomic E-state index is 11.0. The van der Waals surface area contributed by atoms with E-state index in [0.29, 0.717) is 0 Å². The van der Waals surface area contributed by atoms with Gasteiger partial charge in [0, 0.05) is 0 Å². The average Bonchev–Trinajstić information content (AvgIpc) is 2.54. The first kappa shape index (κ1) is 22.0. The van der Waals surface area contributed by atoms with Crippen molar-refractivity contribution in [2.45, 2.75) is 95.3 Å². The third-order valence-electron chi connectivity index (χ3n) is 4.62. The van der Waals surface area contributed by atoms with Gasteiger partial charge < -0.3 is 5.11 Å². The fourth-order valence-corrected chi connectivity index (χ4v) is 3.67. The molecule has 0 saturated heterocycles. The largest absolute Gasteiger partial charge is 0.506 e. The highest BCUT2D eigenvalue weighted by Crippen LogP contribution is 2.24. The Morgan fingerprint density at radius 2 is 1.28 bits per heavy atom. The van der Waals surface area contributed by atoms with Crippen molar-refractivity contribution in [1.29, 1.82) is 0 Å². The molecule has 1 aromatic rings. The lowest BCUT2D eigenvalue weighted by atomic mass is 10.0. The van der Waals surface area contributed by atoms with Crippen LogP contribution in [0.3, 0.4) is 0 Å². The lowest BCUT2D eigenvalue weighted by Crippen LogP contribution is -1.99. The number of phenolic OH excluding ortho intramolecular Hbond substituents is 1. The molecule has 0 bridgehead atoms. The van der Waals surface area contributed by atoms with Crippen molar-refractivity contribution in [3.63, 3.8) is 0 Å². The molecule has 0 heterocycles. The molecule has 0 radical (unpaired) electrons. The minimum absolute atomic E-state index is 0.376. The molecule has 25 heavy (non-hydrogen) atoms. The van der Waals surface area contributed by atoms with Gasteiger partial charge in [-0.05, 0) is 30.5 Å². The molecule has 144 valence electrons. The van der Waals surface area contributed by atoms with Crippen molar-refractivity contribution in [3.8, 4) is 5.75 Å². The van der Waals surface area contributed by atoms with Gasteiger partial charge in [0.2, 0.25) is 0 Å². The summed E-state index contributed by atoms with van der Waals surface area (Å²) < 4.78 is 31.0. The zero-order valence-corrected chi connectivity index (χ0v) is 16.4. The van der Waals surface area contributed by atoms with Crippen LogP contribution in [0, 0.1) is 0 Å². The molecule has 1 rings (SSSR count). The first-order chi connectivity index (χ1) is 11.9. The fraction of sp³-hybridized carbons (Fsp3) is 0.700. The van der Waals surface area contributed by atoms with Gasteiger partial charge in [0.05, 0.1) is 0 Å². The third kappa shape index (κ3) is 9.85. The normalized spacial score (nSPS) is 11.8. The summed E-state index contributed by atoms with van der Waals surface area (Å²) in [6.45, 7) is 2.25. The molecule has 1 aromatic carbocycles. The predicted molar refractivity (Wildman–Crippen MR) is 103 cm³/mol. The number of aromatic hydroxyl groups is 1. The van der Waals surface area contributed by atoms with E-state index in [0.717, 1.165) is 24.8 Å². The van der Waals surface area contributed by atoms with Crippen LogP contribution in [0.5, 0.6) is 5.75 Å². The van der Waals surface area contributed by atoms with Crippen molar-refractivity contribution >= 4 is 10.1 Å². The van der Waals surface area contributed by atoms with E-state index < -0.39 is 15.0 Å². The van der Waals surface area contributed by atoms with Crippen LogP contribution in [-0.2, 0) is 16.5 Å². The number of rotatable bonds is 14. The second kappa shape index (κ2) is 12.3. The number of aryl methyl sites for hydroxylation is 1. The zero-order chi connectivity index (χ0) is 18.5. The van der Waals surface area contributed by atoms with Gasteiger partial charge >= 0.3 is 0 Å². The van der Waals surface area contributed by atoms with Gasteiger partial charge in [-0.3, -0.25) is 4.55 Å².